The lowest BCUT2D eigenvalue weighted by molar-refractivity contribution is 0.783. The number of hydrogen-bond acceptors (Lipinski definition) is 6. The second kappa shape index (κ2) is 5.64. The van der Waals surface area contributed by atoms with Gasteiger partial charge in [-0.1, -0.05) is 13.8 Å². The lowest BCUT2D eigenvalue weighted by Crippen LogP contribution is -2.13. The molecule has 0 fully saturated rings. The summed E-state index contributed by atoms with van der Waals surface area (Å²) in [7, 11) is 1.93. The van der Waals surface area contributed by atoms with E-state index in [1.807, 2.05) is 11.6 Å². The Bertz CT molecular complexity index is 547. The second-order valence-corrected chi connectivity index (χ2v) is 4.71. The van der Waals surface area contributed by atoms with Gasteiger partial charge in [0.15, 0.2) is 0 Å². The molecule has 3 N–H and O–H groups in total. The second-order valence-electron chi connectivity index (χ2n) is 4.71. The summed E-state index contributed by atoms with van der Waals surface area (Å²) in [6, 6.07) is 0. The third kappa shape index (κ3) is 2.98. The smallest absolute Gasteiger partial charge is 0.134 e. The molecule has 0 aromatic carbocycles. The van der Waals surface area contributed by atoms with Crippen LogP contribution in [0.3, 0.4) is 0 Å². The molecule has 0 bridgehead atoms. The largest absolute Gasteiger partial charge is 0.383 e. The average Bonchev–Trinajstić information content (AvgIpc) is 2.75. The molecule has 0 unspecified atom stereocenters. The van der Waals surface area contributed by atoms with Crippen molar-refractivity contribution in [3.63, 3.8) is 0 Å². The summed E-state index contributed by atoms with van der Waals surface area (Å²) in [5, 5.41) is 11.2. The van der Waals surface area contributed by atoms with Gasteiger partial charge in [0, 0.05) is 25.6 Å². The highest BCUT2D eigenvalue weighted by Crippen LogP contribution is 2.25. The Morgan fingerprint density at radius 3 is 2.79 bits per heavy atom. The lowest BCUT2D eigenvalue weighted by Gasteiger charge is -2.14. The van der Waals surface area contributed by atoms with E-state index < -0.39 is 0 Å². The number of rotatable bonds is 5. The lowest BCUT2D eigenvalue weighted by atomic mass is 10.0. The van der Waals surface area contributed by atoms with Crippen LogP contribution in [0.15, 0.2) is 12.7 Å². The van der Waals surface area contributed by atoms with Crippen LogP contribution < -0.4 is 11.1 Å². The summed E-state index contributed by atoms with van der Waals surface area (Å²) in [5.41, 5.74) is 6.85. The summed E-state index contributed by atoms with van der Waals surface area (Å²) in [4.78, 5) is 8.29. The minimum Gasteiger partial charge on any atom is -0.383 e. The van der Waals surface area contributed by atoms with Crippen LogP contribution in [0.1, 0.15) is 31.2 Å². The van der Waals surface area contributed by atoms with E-state index in [1.165, 1.54) is 6.33 Å². The van der Waals surface area contributed by atoms with Gasteiger partial charge in [-0.25, -0.2) is 9.97 Å². The predicted octanol–water partition coefficient (Wildman–Crippen LogP) is 0.965. The molecule has 0 saturated carbocycles. The molecule has 0 radical (unpaired) electrons. The molecule has 2 aromatic heterocycles. The van der Waals surface area contributed by atoms with Gasteiger partial charge in [-0.3, -0.25) is 0 Å². The summed E-state index contributed by atoms with van der Waals surface area (Å²) in [5.74, 6) is 2.54. The first-order valence-corrected chi connectivity index (χ1v) is 6.26. The molecule has 0 spiro atoms. The van der Waals surface area contributed by atoms with Crippen molar-refractivity contribution in [2.45, 2.75) is 26.2 Å². The van der Waals surface area contributed by atoms with Gasteiger partial charge in [0.05, 0.1) is 0 Å². The molecule has 0 amide bonds. The van der Waals surface area contributed by atoms with Gasteiger partial charge < -0.3 is 15.6 Å². The van der Waals surface area contributed by atoms with Gasteiger partial charge in [-0.2, -0.15) is 0 Å². The highest BCUT2D eigenvalue weighted by atomic mass is 15.2. The van der Waals surface area contributed by atoms with E-state index in [2.05, 4.69) is 39.3 Å². The van der Waals surface area contributed by atoms with Crippen molar-refractivity contribution in [3.8, 4) is 0 Å². The molecule has 0 aliphatic carbocycles. The average molecular weight is 261 g/mol. The van der Waals surface area contributed by atoms with Crippen molar-refractivity contribution < 1.29 is 0 Å². The Kier molecular flexibility index (Phi) is 3.94. The van der Waals surface area contributed by atoms with Gasteiger partial charge >= 0.3 is 0 Å². The van der Waals surface area contributed by atoms with E-state index in [0.717, 1.165) is 30.2 Å². The maximum Gasteiger partial charge on any atom is 0.134 e. The van der Waals surface area contributed by atoms with Crippen LogP contribution in [0.4, 0.5) is 11.6 Å². The fourth-order valence-electron chi connectivity index (χ4n) is 1.95. The number of anilines is 2. The molecule has 2 heterocycles. The van der Waals surface area contributed by atoms with E-state index in [1.54, 1.807) is 6.33 Å². The van der Waals surface area contributed by atoms with Crippen molar-refractivity contribution in [3.05, 3.63) is 24.0 Å². The summed E-state index contributed by atoms with van der Waals surface area (Å²) >= 11 is 0. The first-order chi connectivity index (χ1) is 9.09. The van der Waals surface area contributed by atoms with Crippen LogP contribution in [0.2, 0.25) is 0 Å². The number of aryl methyl sites for hydroxylation is 1. The Labute approximate surface area is 112 Å². The Morgan fingerprint density at radius 2 is 2.16 bits per heavy atom. The van der Waals surface area contributed by atoms with E-state index in [4.69, 9.17) is 5.73 Å². The number of nitrogens with one attached hydrogen (secondary N) is 1. The van der Waals surface area contributed by atoms with Gasteiger partial charge in [-0.05, 0) is 5.92 Å². The summed E-state index contributed by atoms with van der Waals surface area (Å²) < 4.78 is 1.90. The maximum atomic E-state index is 5.90. The first kappa shape index (κ1) is 13.3. The predicted molar refractivity (Wildman–Crippen MR) is 73.7 cm³/mol. The van der Waals surface area contributed by atoms with Crippen molar-refractivity contribution in [2.75, 3.05) is 17.6 Å². The van der Waals surface area contributed by atoms with Crippen LogP contribution in [0.25, 0.3) is 0 Å². The minimum absolute atomic E-state index is 0.276. The quantitative estimate of drug-likeness (QED) is 0.832. The summed E-state index contributed by atoms with van der Waals surface area (Å²) in [6.45, 7) is 4.87. The monoisotopic (exact) mass is 261 g/mol. The van der Waals surface area contributed by atoms with Gasteiger partial charge in [0.25, 0.3) is 0 Å². The molecule has 7 nitrogen and oxygen atoms in total. The van der Waals surface area contributed by atoms with Crippen LogP contribution in [0.5, 0.6) is 0 Å². The van der Waals surface area contributed by atoms with Crippen molar-refractivity contribution in [1.29, 1.82) is 0 Å². The molecular weight excluding hydrogens is 242 g/mol. The van der Waals surface area contributed by atoms with E-state index in [9.17, 15) is 0 Å². The highest BCUT2D eigenvalue weighted by Gasteiger charge is 2.12. The van der Waals surface area contributed by atoms with E-state index >= 15 is 0 Å². The van der Waals surface area contributed by atoms with Crippen LogP contribution in [0, 0.1) is 0 Å². The third-order valence-electron chi connectivity index (χ3n) is 2.94. The third-order valence-corrected chi connectivity index (χ3v) is 2.94. The molecule has 0 aliphatic heterocycles. The zero-order chi connectivity index (χ0) is 13.8. The fraction of sp³-hybridized carbons (Fsp3) is 0.500. The molecular formula is C12H19N7. The molecule has 0 saturated heterocycles. The van der Waals surface area contributed by atoms with Crippen LogP contribution in [-0.4, -0.2) is 31.3 Å². The molecule has 2 aromatic rings. The Morgan fingerprint density at radius 1 is 1.37 bits per heavy atom. The fourth-order valence-corrected chi connectivity index (χ4v) is 1.95. The Hall–Kier alpha value is -2.18. The maximum absolute atomic E-state index is 5.90. The van der Waals surface area contributed by atoms with Gasteiger partial charge in [0.1, 0.15) is 30.1 Å². The molecule has 0 aliphatic rings. The van der Waals surface area contributed by atoms with Gasteiger partial charge in [0.2, 0.25) is 0 Å². The van der Waals surface area contributed by atoms with Gasteiger partial charge in [-0.15, -0.1) is 10.2 Å². The highest BCUT2D eigenvalue weighted by molar-refractivity contribution is 5.56. The number of nitrogens with zero attached hydrogens (tertiary/aromatic N) is 5. The summed E-state index contributed by atoms with van der Waals surface area (Å²) in [6.07, 6.45) is 3.95. The number of aromatic nitrogens is 5. The SMILES string of the molecule is CC(C)c1c(N)ncnc1NCCc1nncn1C. The number of nitrogen functional groups attached to an aromatic ring is 1. The van der Waals surface area contributed by atoms with Crippen molar-refractivity contribution in [1.82, 2.24) is 24.7 Å². The topological polar surface area (TPSA) is 94.5 Å². The van der Waals surface area contributed by atoms with E-state index in [0.29, 0.717) is 5.82 Å². The Balaban J connectivity index is 2.04. The zero-order valence-electron chi connectivity index (χ0n) is 11.5. The normalized spacial score (nSPS) is 10.9. The van der Waals surface area contributed by atoms with Crippen LogP contribution >= 0.6 is 0 Å². The number of nitrogens with two attached hydrogens (primary N) is 1. The van der Waals surface area contributed by atoms with Crippen LogP contribution in [-0.2, 0) is 13.5 Å². The van der Waals surface area contributed by atoms with E-state index in [-0.39, 0.29) is 5.92 Å². The molecule has 2 rings (SSSR count). The standard InChI is InChI=1S/C12H19N7/c1-8(2)10-11(13)15-6-16-12(10)14-5-4-9-18-17-7-19(9)3/h6-8H,4-5H2,1-3H3,(H3,13,14,15,16). The molecule has 102 valence electrons. The molecule has 19 heavy (non-hydrogen) atoms. The minimum atomic E-state index is 0.276. The van der Waals surface area contributed by atoms with Crippen molar-refractivity contribution >= 4 is 11.6 Å². The molecule has 0 atom stereocenters. The first-order valence-electron chi connectivity index (χ1n) is 6.26. The van der Waals surface area contributed by atoms with Crippen molar-refractivity contribution in [2.24, 2.45) is 7.05 Å². The zero-order valence-corrected chi connectivity index (χ0v) is 11.5. The molecule has 7 heteroatoms. The number of hydrogen-bond donors (Lipinski definition) is 2.